The number of hydrogen-bond donors (Lipinski definition) is 0. The summed E-state index contributed by atoms with van der Waals surface area (Å²) in [6.45, 7) is 3.36. The van der Waals surface area contributed by atoms with Gasteiger partial charge in [-0.2, -0.15) is 0 Å². The Morgan fingerprint density at radius 2 is 1.53 bits per heavy atom. The molecule has 2 nitrogen and oxygen atoms in total. The SMILES string of the molecule is CCCOc1ccccc1OCc1ccc(I)cc1. The third kappa shape index (κ3) is 4.42. The number of para-hydroxylation sites is 2. The van der Waals surface area contributed by atoms with Crippen molar-refractivity contribution in [1.29, 1.82) is 0 Å². The molecule has 0 heterocycles. The second-order valence-electron chi connectivity index (χ2n) is 4.21. The molecule has 0 atom stereocenters. The first-order valence-electron chi connectivity index (χ1n) is 6.38. The zero-order valence-electron chi connectivity index (χ0n) is 10.9. The van der Waals surface area contributed by atoms with Crippen LogP contribution in [0.2, 0.25) is 0 Å². The maximum atomic E-state index is 5.83. The molecule has 2 aromatic rings. The second-order valence-corrected chi connectivity index (χ2v) is 5.46. The second kappa shape index (κ2) is 7.38. The number of benzene rings is 2. The van der Waals surface area contributed by atoms with Gasteiger partial charge in [0.1, 0.15) is 6.61 Å². The Morgan fingerprint density at radius 3 is 2.16 bits per heavy atom. The third-order valence-electron chi connectivity index (χ3n) is 2.62. The van der Waals surface area contributed by atoms with Gasteiger partial charge in [-0.15, -0.1) is 0 Å². The van der Waals surface area contributed by atoms with E-state index in [1.165, 1.54) is 3.57 Å². The molecule has 2 rings (SSSR count). The van der Waals surface area contributed by atoms with Crippen LogP contribution in [0.1, 0.15) is 18.9 Å². The molecule has 0 unspecified atom stereocenters. The lowest BCUT2D eigenvalue weighted by Gasteiger charge is -2.12. The van der Waals surface area contributed by atoms with Crippen molar-refractivity contribution < 1.29 is 9.47 Å². The maximum Gasteiger partial charge on any atom is 0.161 e. The van der Waals surface area contributed by atoms with Gasteiger partial charge < -0.3 is 9.47 Å². The Bertz CT molecular complexity index is 508. The lowest BCUT2D eigenvalue weighted by molar-refractivity contribution is 0.262. The average molecular weight is 368 g/mol. The molecule has 0 saturated carbocycles. The van der Waals surface area contributed by atoms with Gasteiger partial charge in [-0.25, -0.2) is 0 Å². The normalized spacial score (nSPS) is 10.2. The van der Waals surface area contributed by atoms with Gasteiger partial charge in [0.25, 0.3) is 0 Å². The van der Waals surface area contributed by atoms with Crippen LogP contribution in [0, 0.1) is 3.57 Å². The van der Waals surface area contributed by atoms with Crippen LogP contribution in [-0.4, -0.2) is 6.61 Å². The molecule has 0 aliphatic rings. The van der Waals surface area contributed by atoms with Gasteiger partial charge in [-0.3, -0.25) is 0 Å². The van der Waals surface area contributed by atoms with E-state index in [2.05, 4.69) is 53.8 Å². The van der Waals surface area contributed by atoms with Gasteiger partial charge in [-0.1, -0.05) is 31.2 Å². The summed E-state index contributed by atoms with van der Waals surface area (Å²) in [6, 6.07) is 16.1. The maximum absolute atomic E-state index is 5.83. The first-order valence-corrected chi connectivity index (χ1v) is 7.46. The van der Waals surface area contributed by atoms with Gasteiger partial charge in [0, 0.05) is 3.57 Å². The Hall–Kier alpha value is -1.23. The quantitative estimate of drug-likeness (QED) is 0.691. The fraction of sp³-hybridized carbons (Fsp3) is 0.250. The summed E-state index contributed by atoms with van der Waals surface area (Å²) in [5.41, 5.74) is 1.16. The average Bonchev–Trinajstić information content (AvgIpc) is 2.45. The van der Waals surface area contributed by atoms with Gasteiger partial charge in [0.05, 0.1) is 6.61 Å². The third-order valence-corrected chi connectivity index (χ3v) is 3.34. The lowest BCUT2D eigenvalue weighted by atomic mass is 10.2. The Labute approximate surface area is 127 Å². The summed E-state index contributed by atoms with van der Waals surface area (Å²) >= 11 is 2.30. The highest BCUT2D eigenvalue weighted by molar-refractivity contribution is 14.1. The highest BCUT2D eigenvalue weighted by Crippen LogP contribution is 2.27. The van der Waals surface area contributed by atoms with E-state index < -0.39 is 0 Å². The van der Waals surface area contributed by atoms with Crippen LogP contribution >= 0.6 is 22.6 Å². The number of ether oxygens (including phenoxy) is 2. The minimum Gasteiger partial charge on any atom is -0.490 e. The van der Waals surface area contributed by atoms with E-state index in [-0.39, 0.29) is 0 Å². The first-order chi connectivity index (χ1) is 9.29. The van der Waals surface area contributed by atoms with Crippen molar-refractivity contribution in [2.24, 2.45) is 0 Å². The minimum absolute atomic E-state index is 0.559. The zero-order valence-corrected chi connectivity index (χ0v) is 13.1. The molecule has 0 aliphatic carbocycles. The highest BCUT2D eigenvalue weighted by atomic mass is 127. The molecule has 0 aromatic heterocycles. The minimum atomic E-state index is 0.559. The van der Waals surface area contributed by atoms with Gasteiger partial charge in [0.15, 0.2) is 11.5 Å². The van der Waals surface area contributed by atoms with Crippen molar-refractivity contribution in [3.8, 4) is 11.5 Å². The first kappa shape index (κ1) is 14.2. The van der Waals surface area contributed by atoms with E-state index >= 15 is 0 Å². The molecule has 0 saturated heterocycles. The summed E-state index contributed by atoms with van der Waals surface area (Å²) < 4.78 is 12.7. The summed E-state index contributed by atoms with van der Waals surface area (Å²) in [7, 11) is 0. The highest BCUT2D eigenvalue weighted by Gasteiger charge is 2.04. The van der Waals surface area contributed by atoms with Crippen LogP contribution in [0.15, 0.2) is 48.5 Å². The van der Waals surface area contributed by atoms with E-state index in [0.29, 0.717) is 13.2 Å². The van der Waals surface area contributed by atoms with Crippen LogP contribution < -0.4 is 9.47 Å². The molecule has 0 N–H and O–H groups in total. The van der Waals surface area contributed by atoms with Gasteiger partial charge in [0.2, 0.25) is 0 Å². The fourth-order valence-corrected chi connectivity index (χ4v) is 2.00. The van der Waals surface area contributed by atoms with Crippen molar-refractivity contribution in [1.82, 2.24) is 0 Å². The Morgan fingerprint density at radius 1 is 0.895 bits per heavy atom. The van der Waals surface area contributed by atoms with Crippen molar-refractivity contribution in [3.05, 3.63) is 57.7 Å². The Balaban J connectivity index is 2.00. The fourth-order valence-electron chi connectivity index (χ4n) is 1.64. The summed E-state index contributed by atoms with van der Waals surface area (Å²) in [5.74, 6) is 1.62. The predicted molar refractivity (Wildman–Crippen MR) is 85.7 cm³/mol. The molecular weight excluding hydrogens is 351 g/mol. The van der Waals surface area contributed by atoms with Crippen LogP contribution in [0.25, 0.3) is 0 Å². The van der Waals surface area contributed by atoms with E-state index in [0.717, 1.165) is 23.5 Å². The monoisotopic (exact) mass is 368 g/mol. The lowest BCUT2D eigenvalue weighted by Crippen LogP contribution is -2.00. The molecule has 0 bridgehead atoms. The topological polar surface area (TPSA) is 18.5 Å². The van der Waals surface area contributed by atoms with E-state index in [1.54, 1.807) is 0 Å². The summed E-state index contributed by atoms with van der Waals surface area (Å²) in [5, 5.41) is 0. The van der Waals surface area contributed by atoms with Crippen LogP contribution in [-0.2, 0) is 6.61 Å². The molecular formula is C16H17IO2. The molecule has 0 amide bonds. The number of rotatable bonds is 6. The van der Waals surface area contributed by atoms with Crippen molar-refractivity contribution in [2.45, 2.75) is 20.0 Å². The van der Waals surface area contributed by atoms with Crippen molar-refractivity contribution >= 4 is 22.6 Å². The van der Waals surface area contributed by atoms with E-state index in [9.17, 15) is 0 Å². The molecule has 0 fully saturated rings. The van der Waals surface area contributed by atoms with Gasteiger partial charge >= 0.3 is 0 Å². The van der Waals surface area contributed by atoms with Crippen LogP contribution in [0.3, 0.4) is 0 Å². The number of hydrogen-bond acceptors (Lipinski definition) is 2. The Kier molecular flexibility index (Phi) is 5.51. The van der Waals surface area contributed by atoms with Crippen LogP contribution in [0.5, 0.6) is 11.5 Å². The van der Waals surface area contributed by atoms with E-state index in [1.807, 2.05) is 24.3 Å². The molecule has 100 valence electrons. The van der Waals surface area contributed by atoms with Crippen molar-refractivity contribution in [3.63, 3.8) is 0 Å². The van der Waals surface area contributed by atoms with E-state index in [4.69, 9.17) is 9.47 Å². The predicted octanol–water partition coefficient (Wildman–Crippen LogP) is 4.66. The zero-order chi connectivity index (χ0) is 13.5. The molecule has 2 aromatic carbocycles. The summed E-state index contributed by atoms with van der Waals surface area (Å²) in [6.07, 6.45) is 0.992. The van der Waals surface area contributed by atoms with Gasteiger partial charge in [-0.05, 0) is 58.8 Å². The van der Waals surface area contributed by atoms with Crippen molar-refractivity contribution in [2.75, 3.05) is 6.61 Å². The molecule has 0 spiro atoms. The van der Waals surface area contributed by atoms with Crippen LogP contribution in [0.4, 0.5) is 0 Å². The molecule has 3 heteroatoms. The largest absolute Gasteiger partial charge is 0.490 e. The summed E-state index contributed by atoms with van der Waals surface area (Å²) in [4.78, 5) is 0. The molecule has 0 aliphatic heterocycles. The molecule has 19 heavy (non-hydrogen) atoms. The number of halogens is 1. The standard InChI is InChI=1S/C16H17IO2/c1-2-11-18-15-5-3-4-6-16(15)19-12-13-7-9-14(17)10-8-13/h3-10H,2,11-12H2,1H3. The smallest absolute Gasteiger partial charge is 0.161 e. The molecule has 0 radical (unpaired) electrons.